The Morgan fingerprint density at radius 2 is 1.57 bits per heavy atom. The molecule has 4 heteroatoms. The Hall–Kier alpha value is -0.640. The fraction of sp³-hybridized carbons (Fsp3) is 0.882. The van der Waals surface area contributed by atoms with Crippen molar-refractivity contribution in [2.45, 2.75) is 90.6 Å². The number of rotatable bonds is 15. The number of carbonyl (C=O) groups is 1. The zero-order chi connectivity index (χ0) is 15.8. The summed E-state index contributed by atoms with van der Waals surface area (Å²) in [5.74, 6) is 0. The number of ether oxygens (including phenoxy) is 2. The summed E-state index contributed by atoms with van der Waals surface area (Å²) in [7, 11) is 0. The van der Waals surface area contributed by atoms with Crippen LogP contribution in [0.2, 0.25) is 0 Å². The molecule has 0 saturated heterocycles. The van der Waals surface area contributed by atoms with E-state index in [-0.39, 0.29) is 6.10 Å². The molecule has 0 bridgehead atoms. The molecule has 0 unspecified atom stereocenters. The van der Waals surface area contributed by atoms with Crippen LogP contribution in [0.1, 0.15) is 84.5 Å². The Labute approximate surface area is 135 Å². The van der Waals surface area contributed by atoms with Crippen molar-refractivity contribution in [2.24, 2.45) is 0 Å². The van der Waals surface area contributed by atoms with Crippen molar-refractivity contribution < 1.29 is 14.3 Å². The van der Waals surface area contributed by atoms with Crippen LogP contribution in [-0.4, -0.2) is 24.2 Å². The van der Waals surface area contributed by atoms with Gasteiger partial charge in [0.2, 0.25) is 0 Å². The second-order valence-electron chi connectivity index (χ2n) is 5.48. The van der Waals surface area contributed by atoms with Crippen LogP contribution in [0.15, 0.2) is 0 Å². The van der Waals surface area contributed by atoms with Crippen LogP contribution < -0.4 is 0 Å². The molecule has 0 radical (unpaired) electrons. The molecule has 0 N–H and O–H groups in total. The quantitative estimate of drug-likeness (QED) is 0.236. The Kier molecular flexibility index (Phi) is 15.3. The maximum absolute atomic E-state index is 10.5. The van der Waals surface area contributed by atoms with E-state index in [9.17, 15) is 4.79 Å². The minimum atomic E-state index is -0.119. The molecule has 0 fully saturated rings. The van der Waals surface area contributed by atoms with E-state index in [0.717, 1.165) is 12.8 Å². The molecule has 0 saturated carbocycles. The molecule has 3 nitrogen and oxygen atoms in total. The van der Waals surface area contributed by atoms with Gasteiger partial charge in [0.1, 0.15) is 6.10 Å². The molecule has 0 aromatic heterocycles. The number of unbranched alkanes of at least 4 members (excludes halogenated alkanes) is 8. The largest absolute Gasteiger partial charge is 0.487 e. The van der Waals surface area contributed by atoms with Crippen molar-refractivity contribution in [3.8, 4) is 0 Å². The Balaban J connectivity index is 3.55. The lowest BCUT2D eigenvalue weighted by molar-refractivity contribution is -0.133. The summed E-state index contributed by atoms with van der Waals surface area (Å²) in [6, 6.07) is 0. The second-order valence-corrected chi connectivity index (χ2v) is 5.94. The molecule has 0 aromatic rings. The summed E-state index contributed by atoms with van der Waals surface area (Å²) in [5.41, 5.74) is 0. The topological polar surface area (TPSA) is 35.5 Å². The number of hydrogen-bond acceptors (Lipinski definition) is 4. The van der Waals surface area contributed by atoms with Crippen LogP contribution in [0, 0.1) is 0 Å². The van der Waals surface area contributed by atoms with Gasteiger partial charge in [-0.3, -0.25) is 4.79 Å². The first-order chi connectivity index (χ1) is 10.2. The summed E-state index contributed by atoms with van der Waals surface area (Å²) in [6.07, 6.45) is 12.9. The van der Waals surface area contributed by atoms with Crippen molar-refractivity contribution >= 4 is 23.7 Å². The highest BCUT2D eigenvalue weighted by Gasteiger charge is 2.12. The Morgan fingerprint density at radius 3 is 2.10 bits per heavy atom. The molecule has 0 aromatic carbocycles. The first kappa shape index (κ1) is 20.4. The van der Waals surface area contributed by atoms with E-state index >= 15 is 0 Å². The van der Waals surface area contributed by atoms with Crippen LogP contribution in [0.4, 0.5) is 0 Å². The van der Waals surface area contributed by atoms with Gasteiger partial charge in [-0.1, -0.05) is 58.3 Å². The van der Waals surface area contributed by atoms with E-state index in [0.29, 0.717) is 24.6 Å². The maximum atomic E-state index is 10.5. The van der Waals surface area contributed by atoms with Gasteiger partial charge < -0.3 is 9.47 Å². The standard InChI is InChI=1S/C17H32O3S/c1-3-5-6-7-8-9-10-11-12-13-16(20-15-18)14-17(21)19-4-2/h15-16H,3-14H2,1-2H3/t16-/m1/s1. The van der Waals surface area contributed by atoms with Crippen molar-refractivity contribution in [2.75, 3.05) is 6.61 Å². The third-order valence-corrected chi connectivity index (χ3v) is 3.86. The first-order valence-electron chi connectivity index (χ1n) is 8.49. The molecule has 0 spiro atoms. The van der Waals surface area contributed by atoms with Gasteiger partial charge >= 0.3 is 0 Å². The monoisotopic (exact) mass is 316 g/mol. The van der Waals surface area contributed by atoms with Crippen LogP contribution >= 0.6 is 12.2 Å². The van der Waals surface area contributed by atoms with Crippen LogP contribution in [-0.2, 0) is 14.3 Å². The van der Waals surface area contributed by atoms with E-state index in [1.54, 1.807) is 0 Å². The van der Waals surface area contributed by atoms with Gasteiger partial charge in [-0.2, -0.15) is 0 Å². The predicted octanol–water partition coefficient (Wildman–Crippen LogP) is 5.20. The molecule has 0 aliphatic carbocycles. The van der Waals surface area contributed by atoms with Gasteiger partial charge in [0.25, 0.3) is 6.47 Å². The lowest BCUT2D eigenvalue weighted by Gasteiger charge is -2.15. The summed E-state index contributed by atoms with van der Waals surface area (Å²) >= 11 is 5.10. The van der Waals surface area contributed by atoms with Gasteiger partial charge in [-0.15, -0.1) is 0 Å². The number of thiocarbonyl (C=S) groups is 1. The Bertz CT molecular complexity index is 256. The predicted molar refractivity (Wildman–Crippen MR) is 91.6 cm³/mol. The van der Waals surface area contributed by atoms with Crippen molar-refractivity contribution in [3.63, 3.8) is 0 Å². The highest BCUT2D eigenvalue weighted by molar-refractivity contribution is 7.80. The molecule has 0 aliphatic heterocycles. The molecular formula is C17H32O3S. The van der Waals surface area contributed by atoms with Crippen molar-refractivity contribution in [3.05, 3.63) is 0 Å². The second kappa shape index (κ2) is 15.7. The molecule has 124 valence electrons. The van der Waals surface area contributed by atoms with E-state index in [2.05, 4.69) is 6.92 Å². The minimum absolute atomic E-state index is 0.119. The van der Waals surface area contributed by atoms with Crippen LogP contribution in [0.5, 0.6) is 0 Å². The zero-order valence-corrected chi connectivity index (χ0v) is 14.6. The van der Waals surface area contributed by atoms with Gasteiger partial charge in [-0.25, -0.2) is 0 Å². The summed E-state index contributed by atoms with van der Waals surface area (Å²) in [6.45, 7) is 5.25. The fourth-order valence-corrected chi connectivity index (χ4v) is 2.69. The minimum Gasteiger partial charge on any atom is -0.487 e. The lowest BCUT2D eigenvalue weighted by Crippen LogP contribution is -2.18. The van der Waals surface area contributed by atoms with Crippen molar-refractivity contribution in [1.82, 2.24) is 0 Å². The van der Waals surface area contributed by atoms with Crippen LogP contribution in [0.25, 0.3) is 0 Å². The smallest absolute Gasteiger partial charge is 0.293 e. The van der Waals surface area contributed by atoms with E-state index in [1.165, 1.54) is 51.4 Å². The summed E-state index contributed by atoms with van der Waals surface area (Å²) < 4.78 is 10.3. The van der Waals surface area contributed by atoms with E-state index in [1.807, 2.05) is 6.92 Å². The molecule has 0 amide bonds. The maximum Gasteiger partial charge on any atom is 0.293 e. The molecule has 0 aliphatic rings. The van der Waals surface area contributed by atoms with Gasteiger partial charge in [0.15, 0.2) is 5.05 Å². The third-order valence-electron chi connectivity index (χ3n) is 3.58. The molecular weight excluding hydrogens is 284 g/mol. The third kappa shape index (κ3) is 14.1. The number of hydrogen-bond donors (Lipinski definition) is 0. The van der Waals surface area contributed by atoms with E-state index < -0.39 is 0 Å². The van der Waals surface area contributed by atoms with Crippen molar-refractivity contribution in [1.29, 1.82) is 0 Å². The molecule has 0 heterocycles. The first-order valence-corrected chi connectivity index (χ1v) is 8.90. The Morgan fingerprint density at radius 1 is 1.00 bits per heavy atom. The normalized spacial score (nSPS) is 11.9. The molecule has 21 heavy (non-hydrogen) atoms. The molecule has 0 rings (SSSR count). The van der Waals surface area contributed by atoms with Gasteiger partial charge in [0.05, 0.1) is 13.0 Å². The number of carbonyl (C=O) groups excluding carboxylic acids is 1. The van der Waals surface area contributed by atoms with Gasteiger partial charge in [-0.05, 0) is 32.0 Å². The van der Waals surface area contributed by atoms with E-state index in [4.69, 9.17) is 21.7 Å². The highest BCUT2D eigenvalue weighted by Crippen LogP contribution is 2.14. The van der Waals surface area contributed by atoms with Gasteiger partial charge in [0, 0.05) is 0 Å². The summed E-state index contributed by atoms with van der Waals surface area (Å²) in [4.78, 5) is 10.5. The SMILES string of the molecule is CCCCCCCCCCC[C@H](CC(=S)OCC)OC=O. The highest BCUT2D eigenvalue weighted by atomic mass is 32.1. The molecule has 1 atom stereocenters. The lowest BCUT2D eigenvalue weighted by atomic mass is 10.0. The van der Waals surface area contributed by atoms with Crippen LogP contribution in [0.3, 0.4) is 0 Å². The average Bonchev–Trinajstić information content (AvgIpc) is 2.46. The fourth-order valence-electron chi connectivity index (χ4n) is 2.39. The zero-order valence-electron chi connectivity index (χ0n) is 13.8. The average molecular weight is 317 g/mol. The summed E-state index contributed by atoms with van der Waals surface area (Å²) in [5, 5.41) is 0.542.